The van der Waals surface area contributed by atoms with Gasteiger partial charge in [-0.15, -0.1) is 0 Å². The monoisotopic (exact) mass is 293 g/mol. The summed E-state index contributed by atoms with van der Waals surface area (Å²) >= 11 is 0. The van der Waals surface area contributed by atoms with E-state index in [9.17, 15) is 4.79 Å². The molecule has 7 heteroatoms. The highest BCUT2D eigenvalue weighted by Crippen LogP contribution is 2.33. The lowest BCUT2D eigenvalue weighted by Crippen LogP contribution is -2.50. The fraction of sp³-hybridized carbons (Fsp3) is 0.786. The molecule has 2 fully saturated rings. The zero-order valence-corrected chi connectivity index (χ0v) is 12.4. The van der Waals surface area contributed by atoms with Crippen LogP contribution in [0.2, 0.25) is 0 Å². The van der Waals surface area contributed by atoms with E-state index in [0.717, 1.165) is 19.4 Å². The molecule has 2 aliphatic rings. The minimum absolute atomic E-state index is 0.0220. The van der Waals surface area contributed by atoms with Gasteiger partial charge < -0.3 is 15.0 Å². The van der Waals surface area contributed by atoms with E-state index >= 15 is 0 Å². The minimum Gasteiger partial charge on any atom is -0.383 e. The van der Waals surface area contributed by atoms with Gasteiger partial charge in [0, 0.05) is 20.2 Å². The van der Waals surface area contributed by atoms with Gasteiger partial charge >= 0.3 is 6.03 Å². The Morgan fingerprint density at radius 1 is 1.48 bits per heavy atom. The topological polar surface area (TPSA) is 72.3 Å². The van der Waals surface area contributed by atoms with Crippen molar-refractivity contribution in [1.29, 1.82) is 0 Å². The molecule has 1 N–H and O–H groups in total. The number of ether oxygens (including phenoxy) is 1. The maximum atomic E-state index is 12.4. The van der Waals surface area contributed by atoms with Crippen LogP contribution in [0.1, 0.15) is 31.7 Å². The highest BCUT2D eigenvalue weighted by Gasteiger charge is 2.34. The van der Waals surface area contributed by atoms with Crippen molar-refractivity contribution in [2.45, 2.75) is 37.8 Å². The number of rotatable bonds is 5. The van der Waals surface area contributed by atoms with E-state index in [1.807, 2.05) is 9.58 Å². The van der Waals surface area contributed by atoms with Crippen LogP contribution in [0.3, 0.4) is 0 Å². The van der Waals surface area contributed by atoms with Crippen LogP contribution in [0.4, 0.5) is 4.79 Å². The number of amides is 2. The molecule has 0 aromatic carbocycles. The van der Waals surface area contributed by atoms with Gasteiger partial charge in [-0.1, -0.05) is 0 Å². The van der Waals surface area contributed by atoms with E-state index in [4.69, 9.17) is 4.74 Å². The molecular formula is C14H23N5O2. The smallest absolute Gasteiger partial charge is 0.317 e. The largest absolute Gasteiger partial charge is 0.383 e. The number of nitrogens with zero attached hydrogens (tertiary/aromatic N) is 4. The zero-order valence-electron chi connectivity index (χ0n) is 12.4. The van der Waals surface area contributed by atoms with E-state index < -0.39 is 0 Å². The second-order valence-corrected chi connectivity index (χ2v) is 5.97. The van der Waals surface area contributed by atoms with Crippen LogP contribution in [0.25, 0.3) is 0 Å². The molecule has 0 bridgehead atoms. The summed E-state index contributed by atoms with van der Waals surface area (Å²) in [5.41, 5.74) is 0. The lowest BCUT2D eigenvalue weighted by atomic mass is 10.1. The molecule has 1 saturated carbocycles. The molecule has 2 heterocycles. The molecule has 1 aromatic heterocycles. The van der Waals surface area contributed by atoms with Crippen molar-refractivity contribution >= 4 is 6.03 Å². The summed E-state index contributed by atoms with van der Waals surface area (Å²) in [5, 5.41) is 7.32. The predicted octanol–water partition coefficient (Wildman–Crippen LogP) is 1.05. The van der Waals surface area contributed by atoms with Gasteiger partial charge in [-0.25, -0.2) is 14.5 Å². The van der Waals surface area contributed by atoms with Gasteiger partial charge in [0.05, 0.1) is 18.7 Å². The third-order valence-corrected chi connectivity index (χ3v) is 4.34. The summed E-state index contributed by atoms with van der Waals surface area (Å²) in [5.74, 6) is 0.588. The van der Waals surface area contributed by atoms with Crippen LogP contribution in [-0.4, -0.2) is 58.5 Å². The number of urea groups is 1. The van der Waals surface area contributed by atoms with Crippen molar-refractivity contribution in [3.63, 3.8) is 0 Å². The van der Waals surface area contributed by atoms with Gasteiger partial charge in [-0.2, -0.15) is 5.10 Å². The van der Waals surface area contributed by atoms with Crippen molar-refractivity contribution in [1.82, 2.24) is 25.0 Å². The Balaban J connectivity index is 1.56. The van der Waals surface area contributed by atoms with Gasteiger partial charge in [-0.05, 0) is 31.6 Å². The van der Waals surface area contributed by atoms with Crippen LogP contribution in [0, 0.1) is 5.92 Å². The number of carbonyl (C=O) groups is 1. The Bertz CT molecular complexity index is 460. The third kappa shape index (κ3) is 3.53. The maximum absolute atomic E-state index is 12.4. The molecule has 1 aliphatic heterocycles. The summed E-state index contributed by atoms with van der Waals surface area (Å²) in [6.07, 6.45) is 7.68. The van der Waals surface area contributed by atoms with Crippen molar-refractivity contribution in [3.8, 4) is 0 Å². The summed E-state index contributed by atoms with van der Waals surface area (Å²) in [6.45, 7) is 2.09. The van der Waals surface area contributed by atoms with Crippen LogP contribution in [0.15, 0.2) is 12.7 Å². The molecule has 3 rings (SSSR count). The molecule has 21 heavy (non-hydrogen) atoms. The summed E-state index contributed by atoms with van der Waals surface area (Å²) in [7, 11) is 1.68. The summed E-state index contributed by atoms with van der Waals surface area (Å²) in [4.78, 5) is 18.3. The predicted molar refractivity (Wildman–Crippen MR) is 76.8 cm³/mol. The average Bonchev–Trinajstić information content (AvgIpc) is 3.21. The molecule has 1 aliphatic carbocycles. The Morgan fingerprint density at radius 2 is 2.33 bits per heavy atom. The normalized spacial score (nSPS) is 23.9. The Labute approximate surface area is 124 Å². The molecule has 7 nitrogen and oxygen atoms in total. The van der Waals surface area contributed by atoms with Gasteiger partial charge in [0.2, 0.25) is 0 Å². The fourth-order valence-electron chi connectivity index (χ4n) is 2.98. The zero-order chi connectivity index (χ0) is 14.7. The average molecular weight is 293 g/mol. The number of aromatic nitrogens is 3. The SMILES string of the molecule is COC[C@@H](NC(=O)N1CCC[C@@H](n2cncn2)C1)C1CC1. The first-order valence-electron chi connectivity index (χ1n) is 7.66. The van der Waals surface area contributed by atoms with E-state index in [1.54, 1.807) is 19.8 Å². The number of carbonyl (C=O) groups excluding carboxylic acids is 1. The first-order chi connectivity index (χ1) is 10.3. The number of nitrogens with one attached hydrogen (secondary N) is 1. The molecule has 1 saturated heterocycles. The highest BCUT2D eigenvalue weighted by molar-refractivity contribution is 5.74. The lowest BCUT2D eigenvalue weighted by molar-refractivity contribution is 0.135. The Hall–Kier alpha value is -1.63. The molecule has 0 unspecified atom stereocenters. The molecular weight excluding hydrogens is 270 g/mol. The fourth-order valence-corrected chi connectivity index (χ4v) is 2.98. The van der Waals surface area contributed by atoms with Crippen LogP contribution in [-0.2, 0) is 4.74 Å². The number of likely N-dealkylation sites (tertiary alicyclic amines) is 1. The summed E-state index contributed by atoms with van der Waals surface area (Å²) in [6, 6.07) is 0.400. The first-order valence-corrected chi connectivity index (χ1v) is 7.66. The quantitative estimate of drug-likeness (QED) is 0.881. The van der Waals surface area contributed by atoms with Gasteiger partial charge in [0.1, 0.15) is 12.7 Å². The van der Waals surface area contributed by atoms with E-state index in [2.05, 4.69) is 15.4 Å². The van der Waals surface area contributed by atoms with E-state index in [-0.39, 0.29) is 18.1 Å². The van der Waals surface area contributed by atoms with Gasteiger partial charge in [0.15, 0.2) is 0 Å². The van der Waals surface area contributed by atoms with Crippen LogP contribution < -0.4 is 5.32 Å². The molecule has 0 radical (unpaired) electrons. The first kappa shape index (κ1) is 14.3. The Morgan fingerprint density at radius 3 is 3.00 bits per heavy atom. The van der Waals surface area contributed by atoms with Crippen molar-refractivity contribution in [3.05, 3.63) is 12.7 Å². The molecule has 0 spiro atoms. The number of methoxy groups -OCH3 is 1. The summed E-state index contributed by atoms with van der Waals surface area (Å²) < 4.78 is 7.07. The highest BCUT2D eigenvalue weighted by atomic mass is 16.5. The van der Waals surface area contributed by atoms with E-state index in [1.165, 1.54) is 12.8 Å². The Kier molecular flexibility index (Phi) is 4.38. The van der Waals surface area contributed by atoms with Crippen molar-refractivity contribution in [2.75, 3.05) is 26.8 Å². The van der Waals surface area contributed by atoms with Crippen molar-refractivity contribution in [2.24, 2.45) is 5.92 Å². The molecule has 2 atom stereocenters. The standard InChI is InChI=1S/C14H23N5O2/c1-21-8-13(11-4-5-11)17-14(20)18-6-2-3-12(7-18)19-10-15-9-16-19/h9-13H,2-8H2,1H3,(H,17,20)/t12-,13-/m1/s1. The second kappa shape index (κ2) is 6.43. The van der Waals surface area contributed by atoms with Gasteiger partial charge in [0.25, 0.3) is 0 Å². The van der Waals surface area contributed by atoms with Crippen molar-refractivity contribution < 1.29 is 9.53 Å². The third-order valence-electron chi connectivity index (χ3n) is 4.34. The lowest BCUT2D eigenvalue weighted by Gasteiger charge is -2.33. The van der Waals surface area contributed by atoms with Crippen LogP contribution in [0.5, 0.6) is 0 Å². The molecule has 116 valence electrons. The molecule has 2 amide bonds. The molecule has 1 aromatic rings. The minimum atomic E-state index is 0.0220. The number of piperidine rings is 1. The number of hydrogen-bond acceptors (Lipinski definition) is 4. The van der Waals surface area contributed by atoms with Gasteiger partial charge in [-0.3, -0.25) is 0 Å². The maximum Gasteiger partial charge on any atom is 0.317 e. The van der Waals surface area contributed by atoms with Crippen LogP contribution >= 0.6 is 0 Å². The second-order valence-electron chi connectivity index (χ2n) is 5.97. The number of hydrogen-bond donors (Lipinski definition) is 1. The van der Waals surface area contributed by atoms with E-state index in [0.29, 0.717) is 19.1 Å².